The summed E-state index contributed by atoms with van der Waals surface area (Å²) < 4.78 is 0. The Morgan fingerprint density at radius 1 is 1.05 bits per heavy atom. The van der Waals surface area contributed by atoms with Gasteiger partial charge < -0.3 is 5.32 Å². The number of nitrogens with one attached hydrogen (secondary N) is 1. The van der Waals surface area contributed by atoms with Gasteiger partial charge in [-0.1, -0.05) is 45.0 Å². The molecule has 2 aliphatic rings. The number of hydrogen-bond acceptors (Lipinski definition) is 1. The van der Waals surface area contributed by atoms with Crippen molar-refractivity contribution in [2.24, 2.45) is 11.3 Å². The molecule has 0 saturated heterocycles. The van der Waals surface area contributed by atoms with E-state index in [1.165, 1.54) is 32.1 Å². The lowest BCUT2D eigenvalue weighted by Crippen LogP contribution is -2.40. The highest BCUT2D eigenvalue weighted by molar-refractivity contribution is 5.37. The van der Waals surface area contributed by atoms with Gasteiger partial charge in [0.05, 0.1) is 0 Å². The number of rotatable bonds is 2. The van der Waals surface area contributed by atoms with Crippen LogP contribution in [0.25, 0.3) is 0 Å². The molecule has 1 heteroatoms. The van der Waals surface area contributed by atoms with Crippen LogP contribution in [0.1, 0.15) is 63.6 Å². The highest BCUT2D eigenvalue weighted by Crippen LogP contribution is 2.45. The first-order valence-corrected chi connectivity index (χ1v) is 7.90. The third-order valence-corrected chi connectivity index (χ3v) is 5.21. The summed E-state index contributed by atoms with van der Waals surface area (Å²) in [4.78, 5) is 0. The SMILES string of the molecule is CC1CCC(NC2c3ccccc3CC2(C)C)CC1. The highest BCUT2D eigenvalue weighted by Gasteiger charge is 2.39. The quantitative estimate of drug-likeness (QED) is 0.823. The molecule has 104 valence electrons. The Hall–Kier alpha value is -0.820. The minimum absolute atomic E-state index is 0.354. The Morgan fingerprint density at radius 3 is 2.47 bits per heavy atom. The second-order valence-corrected chi connectivity index (χ2v) is 7.42. The van der Waals surface area contributed by atoms with Gasteiger partial charge in [-0.3, -0.25) is 0 Å². The van der Waals surface area contributed by atoms with Crippen molar-refractivity contribution in [1.82, 2.24) is 5.32 Å². The third kappa shape index (κ3) is 2.58. The molecule has 1 N–H and O–H groups in total. The van der Waals surface area contributed by atoms with E-state index >= 15 is 0 Å². The zero-order valence-electron chi connectivity index (χ0n) is 12.6. The van der Waals surface area contributed by atoms with Crippen LogP contribution in [0.15, 0.2) is 24.3 Å². The van der Waals surface area contributed by atoms with Crippen molar-refractivity contribution in [2.45, 2.75) is 65.0 Å². The molecule has 1 unspecified atom stereocenters. The fourth-order valence-electron chi connectivity index (χ4n) is 3.97. The van der Waals surface area contributed by atoms with Crippen molar-refractivity contribution in [3.05, 3.63) is 35.4 Å². The summed E-state index contributed by atoms with van der Waals surface area (Å²) in [7, 11) is 0. The van der Waals surface area contributed by atoms with Crippen molar-refractivity contribution < 1.29 is 0 Å². The number of hydrogen-bond donors (Lipinski definition) is 1. The predicted molar refractivity (Wildman–Crippen MR) is 81.2 cm³/mol. The first-order valence-electron chi connectivity index (χ1n) is 7.90. The van der Waals surface area contributed by atoms with Crippen LogP contribution in [0.3, 0.4) is 0 Å². The molecule has 1 atom stereocenters. The van der Waals surface area contributed by atoms with Crippen molar-refractivity contribution >= 4 is 0 Å². The van der Waals surface area contributed by atoms with Crippen LogP contribution in [0, 0.1) is 11.3 Å². The molecular formula is C18H27N. The van der Waals surface area contributed by atoms with Gasteiger partial charge in [-0.05, 0) is 54.6 Å². The van der Waals surface area contributed by atoms with E-state index in [0.29, 0.717) is 11.5 Å². The summed E-state index contributed by atoms with van der Waals surface area (Å²) in [5.41, 5.74) is 3.45. The summed E-state index contributed by atoms with van der Waals surface area (Å²) in [5, 5.41) is 3.98. The van der Waals surface area contributed by atoms with Gasteiger partial charge in [0.2, 0.25) is 0 Å². The Bertz CT molecular complexity index is 441. The largest absolute Gasteiger partial charge is 0.307 e. The van der Waals surface area contributed by atoms with Crippen molar-refractivity contribution in [2.75, 3.05) is 0 Å². The molecule has 1 nitrogen and oxygen atoms in total. The molecular weight excluding hydrogens is 230 g/mol. The second-order valence-electron chi connectivity index (χ2n) is 7.42. The maximum atomic E-state index is 3.98. The normalized spacial score (nSPS) is 33.1. The predicted octanol–water partition coefficient (Wildman–Crippen LogP) is 4.48. The molecule has 1 aromatic carbocycles. The smallest absolute Gasteiger partial charge is 0.0379 e. The van der Waals surface area contributed by atoms with Gasteiger partial charge in [-0.25, -0.2) is 0 Å². The summed E-state index contributed by atoms with van der Waals surface area (Å²) in [6.45, 7) is 7.22. The van der Waals surface area contributed by atoms with Crippen LogP contribution in [0.2, 0.25) is 0 Å². The zero-order chi connectivity index (χ0) is 13.5. The fourth-order valence-corrected chi connectivity index (χ4v) is 3.97. The van der Waals surface area contributed by atoms with Crippen molar-refractivity contribution in [3.8, 4) is 0 Å². The van der Waals surface area contributed by atoms with Gasteiger partial charge in [-0.15, -0.1) is 0 Å². The monoisotopic (exact) mass is 257 g/mol. The molecule has 0 spiro atoms. The molecule has 1 fully saturated rings. The lowest BCUT2D eigenvalue weighted by atomic mass is 9.82. The number of benzene rings is 1. The van der Waals surface area contributed by atoms with Gasteiger partial charge >= 0.3 is 0 Å². The van der Waals surface area contributed by atoms with E-state index in [1.807, 2.05) is 0 Å². The van der Waals surface area contributed by atoms with E-state index in [9.17, 15) is 0 Å². The maximum absolute atomic E-state index is 3.98. The Kier molecular flexibility index (Phi) is 3.42. The van der Waals surface area contributed by atoms with Gasteiger partial charge in [0.1, 0.15) is 0 Å². The van der Waals surface area contributed by atoms with E-state index < -0.39 is 0 Å². The number of fused-ring (bicyclic) bond motifs is 1. The molecule has 0 radical (unpaired) electrons. The van der Waals surface area contributed by atoms with E-state index in [1.54, 1.807) is 11.1 Å². The first kappa shape index (κ1) is 13.2. The van der Waals surface area contributed by atoms with Crippen molar-refractivity contribution in [1.29, 1.82) is 0 Å². The minimum Gasteiger partial charge on any atom is -0.307 e. The second kappa shape index (κ2) is 4.94. The molecule has 2 aliphatic carbocycles. The van der Waals surface area contributed by atoms with Gasteiger partial charge in [0.15, 0.2) is 0 Å². The zero-order valence-corrected chi connectivity index (χ0v) is 12.6. The van der Waals surface area contributed by atoms with E-state index in [4.69, 9.17) is 0 Å². The standard InChI is InChI=1S/C18H27N/c1-13-8-10-15(11-9-13)19-17-16-7-5-4-6-14(16)12-18(17,2)3/h4-7,13,15,17,19H,8-12H2,1-3H3. The molecule has 19 heavy (non-hydrogen) atoms. The average Bonchev–Trinajstić information content (AvgIpc) is 2.63. The van der Waals surface area contributed by atoms with Gasteiger partial charge in [-0.2, -0.15) is 0 Å². The highest BCUT2D eigenvalue weighted by atomic mass is 15.0. The average molecular weight is 257 g/mol. The van der Waals surface area contributed by atoms with E-state index in [0.717, 1.165) is 12.0 Å². The van der Waals surface area contributed by atoms with Crippen LogP contribution < -0.4 is 5.32 Å². The lowest BCUT2D eigenvalue weighted by molar-refractivity contribution is 0.212. The minimum atomic E-state index is 0.354. The first-order chi connectivity index (χ1) is 9.06. The Balaban J connectivity index is 1.76. The molecule has 0 amide bonds. The van der Waals surface area contributed by atoms with Crippen LogP contribution in [-0.2, 0) is 6.42 Å². The summed E-state index contributed by atoms with van der Waals surface area (Å²) >= 11 is 0. The van der Waals surface area contributed by atoms with E-state index in [2.05, 4.69) is 50.4 Å². The fraction of sp³-hybridized carbons (Fsp3) is 0.667. The molecule has 1 saturated carbocycles. The van der Waals surface area contributed by atoms with Crippen LogP contribution >= 0.6 is 0 Å². The van der Waals surface area contributed by atoms with Crippen LogP contribution in [0.5, 0.6) is 0 Å². The molecule has 3 rings (SSSR count). The molecule has 0 aromatic heterocycles. The maximum Gasteiger partial charge on any atom is 0.0379 e. The lowest BCUT2D eigenvalue weighted by Gasteiger charge is -2.35. The third-order valence-electron chi connectivity index (χ3n) is 5.21. The topological polar surface area (TPSA) is 12.0 Å². The van der Waals surface area contributed by atoms with Crippen molar-refractivity contribution in [3.63, 3.8) is 0 Å². The Morgan fingerprint density at radius 2 is 1.74 bits per heavy atom. The van der Waals surface area contributed by atoms with Crippen LogP contribution in [-0.4, -0.2) is 6.04 Å². The molecule has 0 aliphatic heterocycles. The molecule has 1 aromatic rings. The van der Waals surface area contributed by atoms with E-state index in [-0.39, 0.29) is 0 Å². The van der Waals surface area contributed by atoms with Crippen LogP contribution in [0.4, 0.5) is 0 Å². The summed E-state index contributed by atoms with van der Waals surface area (Å²) in [6, 6.07) is 10.3. The summed E-state index contributed by atoms with van der Waals surface area (Å²) in [6.07, 6.45) is 6.72. The summed E-state index contributed by atoms with van der Waals surface area (Å²) in [5.74, 6) is 0.932. The Labute approximate surface area is 117 Å². The molecule has 0 heterocycles. The van der Waals surface area contributed by atoms with Gasteiger partial charge in [0, 0.05) is 12.1 Å². The van der Waals surface area contributed by atoms with Gasteiger partial charge in [0.25, 0.3) is 0 Å². The molecule has 0 bridgehead atoms.